The molecule has 0 fully saturated rings. The quantitative estimate of drug-likeness (QED) is 0.418. The van der Waals surface area contributed by atoms with Gasteiger partial charge in [0, 0.05) is 9.13 Å². The Morgan fingerprint density at radius 2 is 1.91 bits per heavy atom. The summed E-state index contributed by atoms with van der Waals surface area (Å²) in [5.41, 5.74) is 3.15. The molecule has 1 heterocycles. The van der Waals surface area contributed by atoms with Crippen molar-refractivity contribution in [2.45, 2.75) is 6.92 Å². The monoisotopic (exact) mass is 415 g/mol. The van der Waals surface area contributed by atoms with Gasteiger partial charge in [-0.15, -0.1) is 0 Å². The van der Waals surface area contributed by atoms with Gasteiger partial charge in [0.15, 0.2) is 5.70 Å². The fourth-order valence-corrected chi connectivity index (χ4v) is 2.77. The first-order valence-corrected chi connectivity index (χ1v) is 8.21. The molecule has 23 heavy (non-hydrogen) atoms. The number of hydrogen-bond donors (Lipinski definition) is 0. The van der Waals surface area contributed by atoms with Crippen LogP contribution in [-0.2, 0) is 9.53 Å². The lowest BCUT2D eigenvalue weighted by molar-refractivity contribution is -0.130. The predicted molar refractivity (Wildman–Crippen MR) is 100.0 cm³/mol. The fraction of sp³-hybridized carbons (Fsp3) is 0.0526. The van der Waals surface area contributed by atoms with E-state index in [1.165, 1.54) is 0 Å². The summed E-state index contributed by atoms with van der Waals surface area (Å²) >= 11 is 2.22. The van der Waals surface area contributed by atoms with E-state index >= 15 is 0 Å². The van der Waals surface area contributed by atoms with Crippen molar-refractivity contribution in [3.8, 4) is 0 Å². The number of carbonyl (C=O) groups excluding carboxylic acids is 1. The molecule has 0 unspecified atom stereocenters. The second-order valence-corrected chi connectivity index (χ2v) is 6.39. The number of nitrogens with zero attached hydrogens (tertiary/aromatic N) is 1. The number of ether oxygens (including phenoxy) is 1. The molecule has 1 aliphatic heterocycles. The minimum absolute atomic E-state index is 0.323. The molecule has 0 saturated carbocycles. The van der Waals surface area contributed by atoms with Gasteiger partial charge in [-0.05, 0) is 64.9 Å². The lowest BCUT2D eigenvalue weighted by atomic mass is 10.1. The Balaban J connectivity index is 1.88. The Bertz CT molecular complexity index is 835. The van der Waals surface area contributed by atoms with E-state index in [-0.39, 0.29) is 0 Å². The lowest BCUT2D eigenvalue weighted by Gasteiger charge is -1.99. The molecule has 2 aromatic carbocycles. The molecule has 2 aromatic rings. The molecule has 3 rings (SSSR count). The second-order valence-electron chi connectivity index (χ2n) is 5.15. The van der Waals surface area contributed by atoms with Crippen molar-refractivity contribution in [1.29, 1.82) is 0 Å². The molecule has 0 aliphatic carbocycles. The molecule has 0 atom stereocenters. The molecule has 0 spiro atoms. The van der Waals surface area contributed by atoms with Gasteiger partial charge < -0.3 is 4.74 Å². The molecule has 0 N–H and O–H groups in total. The van der Waals surface area contributed by atoms with E-state index in [4.69, 9.17) is 4.74 Å². The Morgan fingerprint density at radius 1 is 1.13 bits per heavy atom. The first-order valence-electron chi connectivity index (χ1n) is 7.14. The van der Waals surface area contributed by atoms with Gasteiger partial charge in [0.2, 0.25) is 5.90 Å². The Hall–Kier alpha value is -2.21. The highest BCUT2D eigenvalue weighted by molar-refractivity contribution is 14.1. The van der Waals surface area contributed by atoms with E-state index in [1.807, 2.05) is 67.6 Å². The van der Waals surface area contributed by atoms with E-state index < -0.39 is 5.97 Å². The highest BCUT2D eigenvalue weighted by atomic mass is 127. The molecule has 114 valence electrons. The van der Waals surface area contributed by atoms with Crippen LogP contribution in [0.1, 0.15) is 18.1 Å². The summed E-state index contributed by atoms with van der Waals surface area (Å²) < 4.78 is 6.34. The minimum Gasteiger partial charge on any atom is -0.402 e. The van der Waals surface area contributed by atoms with Crippen LogP contribution >= 0.6 is 22.6 Å². The van der Waals surface area contributed by atoms with Crippen LogP contribution in [0.5, 0.6) is 0 Å². The van der Waals surface area contributed by atoms with Gasteiger partial charge in [-0.1, -0.05) is 42.5 Å². The van der Waals surface area contributed by atoms with Crippen molar-refractivity contribution in [3.05, 3.63) is 86.6 Å². The van der Waals surface area contributed by atoms with Gasteiger partial charge >= 0.3 is 5.97 Å². The summed E-state index contributed by atoms with van der Waals surface area (Å²) in [5, 5.41) is 0. The summed E-state index contributed by atoms with van der Waals surface area (Å²) in [6, 6.07) is 17.6. The largest absolute Gasteiger partial charge is 0.402 e. The smallest absolute Gasteiger partial charge is 0.363 e. The minimum atomic E-state index is -0.417. The van der Waals surface area contributed by atoms with Gasteiger partial charge in [-0.25, -0.2) is 9.79 Å². The topological polar surface area (TPSA) is 38.7 Å². The van der Waals surface area contributed by atoms with E-state index in [2.05, 4.69) is 27.6 Å². The van der Waals surface area contributed by atoms with Crippen LogP contribution in [0.4, 0.5) is 0 Å². The number of benzene rings is 2. The summed E-state index contributed by atoms with van der Waals surface area (Å²) in [7, 11) is 0. The number of cyclic esters (lactones) is 1. The average molecular weight is 415 g/mol. The van der Waals surface area contributed by atoms with Crippen molar-refractivity contribution in [2.24, 2.45) is 4.99 Å². The maximum atomic E-state index is 12.0. The normalized spacial score (nSPS) is 16.4. The maximum Gasteiger partial charge on any atom is 0.363 e. The standard InChI is InChI=1S/C19H14INO2/c1-13(10-14-6-3-2-4-7-14)11-17-19(22)23-18(21-17)15-8-5-9-16(20)12-15/h2-12H,1H3/b13-10+,17-11-. The molecule has 0 aromatic heterocycles. The van der Waals surface area contributed by atoms with Crippen molar-refractivity contribution in [2.75, 3.05) is 0 Å². The maximum absolute atomic E-state index is 12.0. The number of carbonyl (C=O) groups is 1. The number of esters is 1. The van der Waals surface area contributed by atoms with Crippen molar-refractivity contribution in [3.63, 3.8) is 0 Å². The van der Waals surface area contributed by atoms with Crippen LogP contribution in [0.2, 0.25) is 0 Å². The molecule has 0 bridgehead atoms. The van der Waals surface area contributed by atoms with E-state index in [0.717, 1.165) is 20.3 Å². The molecule has 1 aliphatic rings. The highest BCUT2D eigenvalue weighted by Crippen LogP contribution is 2.20. The van der Waals surface area contributed by atoms with Crippen molar-refractivity contribution < 1.29 is 9.53 Å². The van der Waals surface area contributed by atoms with Crippen LogP contribution in [0.3, 0.4) is 0 Å². The molecule has 3 nitrogen and oxygen atoms in total. The summed E-state index contributed by atoms with van der Waals surface area (Å²) in [4.78, 5) is 16.3. The SMILES string of the molecule is CC(/C=C1\N=C(c2cccc(I)c2)OC1=O)=C\c1ccccc1. The van der Waals surface area contributed by atoms with E-state index in [1.54, 1.807) is 6.08 Å². The molecule has 0 radical (unpaired) electrons. The summed E-state index contributed by atoms with van der Waals surface area (Å²) in [5.74, 6) is -0.0630. The third-order valence-corrected chi connectivity index (χ3v) is 3.92. The summed E-state index contributed by atoms with van der Waals surface area (Å²) in [6.07, 6.45) is 3.75. The number of allylic oxidation sites excluding steroid dienone is 2. The first kappa shape index (κ1) is 15.7. The summed E-state index contributed by atoms with van der Waals surface area (Å²) in [6.45, 7) is 1.94. The molecule has 4 heteroatoms. The van der Waals surface area contributed by atoms with Gasteiger partial charge in [0.1, 0.15) is 0 Å². The number of hydrogen-bond acceptors (Lipinski definition) is 3. The third-order valence-electron chi connectivity index (χ3n) is 3.25. The Kier molecular flexibility index (Phi) is 4.71. The van der Waals surface area contributed by atoms with Gasteiger partial charge in [-0.2, -0.15) is 0 Å². The molecule has 0 saturated heterocycles. The zero-order valence-electron chi connectivity index (χ0n) is 12.5. The van der Waals surface area contributed by atoms with Gasteiger partial charge in [0.05, 0.1) is 0 Å². The second kappa shape index (κ2) is 6.91. The van der Waals surface area contributed by atoms with Crippen LogP contribution in [-0.4, -0.2) is 11.9 Å². The predicted octanol–water partition coefficient (Wildman–Crippen LogP) is 4.58. The van der Waals surface area contributed by atoms with Crippen LogP contribution in [0, 0.1) is 3.57 Å². The van der Waals surface area contributed by atoms with Crippen LogP contribution in [0.15, 0.2) is 76.9 Å². The van der Waals surface area contributed by atoms with E-state index in [9.17, 15) is 4.79 Å². The number of rotatable bonds is 3. The Labute approximate surface area is 148 Å². The molecular formula is C19H14INO2. The number of halogens is 1. The first-order chi connectivity index (χ1) is 11.1. The van der Waals surface area contributed by atoms with Crippen LogP contribution in [0.25, 0.3) is 6.08 Å². The lowest BCUT2D eigenvalue weighted by Crippen LogP contribution is -2.05. The molecule has 0 amide bonds. The zero-order valence-corrected chi connectivity index (χ0v) is 14.7. The molecular weight excluding hydrogens is 401 g/mol. The highest BCUT2D eigenvalue weighted by Gasteiger charge is 2.24. The van der Waals surface area contributed by atoms with Crippen LogP contribution < -0.4 is 0 Å². The van der Waals surface area contributed by atoms with Crippen molar-refractivity contribution >= 4 is 40.5 Å². The van der Waals surface area contributed by atoms with E-state index in [0.29, 0.717) is 11.6 Å². The third kappa shape index (κ3) is 3.96. The zero-order chi connectivity index (χ0) is 16.2. The van der Waals surface area contributed by atoms with Gasteiger partial charge in [-0.3, -0.25) is 0 Å². The average Bonchev–Trinajstić information content (AvgIpc) is 2.89. The fourth-order valence-electron chi connectivity index (χ4n) is 2.22. The van der Waals surface area contributed by atoms with Crippen molar-refractivity contribution in [1.82, 2.24) is 0 Å². The van der Waals surface area contributed by atoms with Gasteiger partial charge in [0.25, 0.3) is 0 Å². The Morgan fingerprint density at radius 3 is 2.65 bits per heavy atom. The number of aliphatic imine (C=N–C) groups is 1.